The third-order valence-electron chi connectivity index (χ3n) is 8.65. The monoisotopic (exact) mass is 557 g/mol. The lowest BCUT2D eigenvalue weighted by Gasteiger charge is -2.42. The van der Waals surface area contributed by atoms with Crippen LogP contribution in [0.5, 0.6) is 0 Å². The molecular formula is C28H40ClN7O3. The highest BCUT2D eigenvalue weighted by Crippen LogP contribution is 2.44. The Morgan fingerprint density at radius 3 is 2.51 bits per heavy atom. The fourth-order valence-corrected chi connectivity index (χ4v) is 6.33. The maximum atomic E-state index is 12.4. The van der Waals surface area contributed by atoms with Gasteiger partial charge in [0, 0.05) is 62.2 Å². The fraction of sp³-hybridized carbons (Fsp3) is 0.679. The predicted octanol–water partition coefficient (Wildman–Crippen LogP) is 5.16. The largest absolute Gasteiger partial charge is 0.444 e. The van der Waals surface area contributed by atoms with Gasteiger partial charge in [-0.15, -0.1) is 0 Å². The van der Waals surface area contributed by atoms with E-state index in [0.29, 0.717) is 37.3 Å². The number of hydrogen-bond donors (Lipinski definition) is 1. The zero-order chi connectivity index (χ0) is 27.8. The summed E-state index contributed by atoms with van der Waals surface area (Å²) in [5.74, 6) is 1.37. The Morgan fingerprint density at radius 2 is 1.87 bits per heavy atom. The number of nitrogens with zero attached hydrogens (tertiary/aromatic N) is 6. The molecule has 1 N–H and O–H groups in total. The molecule has 3 aliphatic rings. The Hall–Kier alpha value is -2.88. The smallest absolute Gasteiger partial charge is 0.410 e. The molecule has 0 bridgehead atoms. The Bertz CT molecular complexity index is 1190. The summed E-state index contributed by atoms with van der Waals surface area (Å²) < 4.78 is 7.57. The average molecular weight is 558 g/mol. The van der Waals surface area contributed by atoms with Crippen LogP contribution in [0.4, 0.5) is 10.6 Å². The second-order valence-electron chi connectivity index (χ2n) is 12.3. The van der Waals surface area contributed by atoms with Gasteiger partial charge in [0.1, 0.15) is 11.4 Å². The van der Waals surface area contributed by atoms with E-state index < -0.39 is 5.60 Å². The van der Waals surface area contributed by atoms with Crippen LogP contribution in [-0.2, 0) is 9.53 Å². The van der Waals surface area contributed by atoms with Crippen molar-refractivity contribution in [2.45, 2.75) is 89.3 Å². The number of carbonyl (C=O) groups excluding carboxylic acids is 2. The molecule has 1 aliphatic carbocycles. The highest BCUT2D eigenvalue weighted by Gasteiger charge is 2.45. The molecule has 5 rings (SSSR count). The van der Waals surface area contributed by atoms with E-state index in [1.54, 1.807) is 11.1 Å². The number of aromatic nitrogens is 4. The quantitative estimate of drug-likeness (QED) is 0.506. The Balaban J connectivity index is 1.19. The SMILES string of the molecule is CN1C(=O)CC[C@]12CC[C@H](n1cc(-c3cnc(Cl)nc3NCC3CCN(C(=O)OC(C)(C)C)CC3)cn1)CC2. The average Bonchev–Trinajstić information content (AvgIpc) is 3.49. The minimum absolute atomic E-state index is 0.0354. The highest BCUT2D eigenvalue weighted by molar-refractivity contribution is 6.28. The van der Waals surface area contributed by atoms with E-state index in [9.17, 15) is 9.59 Å². The minimum Gasteiger partial charge on any atom is -0.444 e. The van der Waals surface area contributed by atoms with Crippen LogP contribution in [0.15, 0.2) is 18.6 Å². The lowest BCUT2D eigenvalue weighted by atomic mass is 9.78. The van der Waals surface area contributed by atoms with E-state index in [-0.39, 0.29) is 22.8 Å². The van der Waals surface area contributed by atoms with Crippen LogP contribution in [0.3, 0.4) is 0 Å². The van der Waals surface area contributed by atoms with Crippen LogP contribution in [-0.4, -0.2) is 79.4 Å². The van der Waals surface area contributed by atoms with Crippen LogP contribution < -0.4 is 5.32 Å². The summed E-state index contributed by atoms with van der Waals surface area (Å²) in [7, 11) is 1.96. The van der Waals surface area contributed by atoms with Crippen molar-refractivity contribution in [3.05, 3.63) is 23.9 Å². The lowest BCUT2D eigenvalue weighted by molar-refractivity contribution is -0.130. The maximum absolute atomic E-state index is 12.4. The number of carbonyl (C=O) groups is 2. The van der Waals surface area contributed by atoms with E-state index in [1.165, 1.54) is 0 Å². The predicted molar refractivity (Wildman–Crippen MR) is 150 cm³/mol. The first-order chi connectivity index (χ1) is 18.5. The van der Waals surface area contributed by atoms with Gasteiger partial charge >= 0.3 is 6.09 Å². The molecule has 2 amide bonds. The molecular weight excluding hydrogens is 518 g/mol. The van der Waals surface area contributed by atoms with Crippen molar-refractivity contribution in [1.29, 1.82) is 0 Å². The van der Waals surface area contributed by atoms with Gasteiger partial charge in [-0.2, -0.15) is 5.10 Å². The second-order valence-corrected chi connectivity index (χ2v) is 12.6. The Labute approximate surface area is 235 Å². The third kappa shape index (κ3) is 6.15. The van der Waals surface area contributed by atoms with Crippen LogP contribution >= 0.6 is 11.6 Å². The van der Waals surface area contributed by atoms with E-state index in [0.717, 1.165) is 62.6 Å². The number of anilines is 1. The van der Waals surface area contributed by atoms with Crippen molar-refractivity contribution in [1.82, 2.24) is 29.5 Å². The van der Waals surface area contributed by atoms with Crippen molar-refractivity contribution < 1.29 is 14.3 Å². The molecule has 212 valence electrons. The second kappa shape index (κ2) is 10.9. The first-order valence-electron chi connectivity index (χ1n) is 14.1. The molecule has 1 spiro atoms. The summed E-state index contributed by atoms with van der Waals surface area (Å²) in [4.78, 5) is 37.0. The molecule has 0 aromatic carbocycles. The van der Waals surface area contributed by atoms with Gasteiger partial charge in [0.2, 0.25) is 11.2 Å². The summed E-state index contributed by atoms with van der Waals surface area (Å²) in [5, 5.41) is 8.39. The molecule has 4 heterocycles. The summed E-state index contributed by atoms with van der Waals surface area (Å²) in [5.41, 5.74) is 1.36. The number of likely N-dealkylation sites (tertiary alicyclic amines) is 2. The number of ether oxygens (including phenoxy) is 1. The zero-order valence-electron chi connectivity index (χ0n) is 23.5. The molecule has 2 aromatic heterocycles. The number of piperidine rings is 1. The molecule has 0 atom stereocenters. The van der Waals surface area contributed by atoms with Crippen molar-refractivity contribution >= 4 is 29.4 Å². The number of hydrogen-bond acceptors (Lipinski definition) is 7. The molecule has 0 radical (unpaired) electrons. The van der Waals surface area contributed by atoms with Crippen molar-refractivity contribution in [3.8, 4) is 11.1 Å². The number of halogens is 1. The molecule has 10 nitrogen and oxygen atoms in total. The Kier molecular flexibility index (Phi) is 7.77. The lowest BCUT2D eigenvalue weighted by Crippen LogP contribution is -2.46. The van der Waals surface area contributed by atoms with Crippen LogP contribution in [0, 0.1) is 5.92 Å². The van der Waals surface area contributed by atoms with Gasteiger partial charge in [0.15, 0.2) is 0 Å². The van der Waals surface area contributed by atoms with Crippen molar-refractivity contribution in [3.63, 3.8) is 0 Å². The van der Waals surface area contributed by atoms with Gasteiger partial charge in [-0.25, -0.2) is 14.8 Å². The molecule has 1 saturated carbocycles. The van der Waals surface area contributed by atoms with E-state index in [1.807, 2.05) is 38.9 Å². The summed E-state index contributed by atoms with van der Waals surface area (Å²) in [6.07, 6.45) is 12.9. The standard InChI is InChI=1S/C28H40ClN7O3/c1-27(2,3)39-26(38)35-13-8-19(9-14-35)15-30-24-22(17-31-25(29)33-24)20-16-32-36(18-20)21-5-10-28(11-6-21)12-7-23(37)34(28)4/h16-19,21H,5-15H2,1-4H3,(H,30,31,33)/t21-,28+. The molecule has 3 fully saturated rings. The zero-order valence-corrected chi connectivity index (χ0v) is 24.2. The van der Waals surface area contributed by atoms with Crippen LogP contribution in [0.2, 0.25) is 5.28 Å². The van der Waals surface area contributed by atoms with Gasteiger partial charge in [-0.05, 0) is 83.2 Å². The maximum Gasteiger partial charge on any atom is 0.410 e. The first-order valence-corrected chi connectivity index (χ1v) is 14.5. The molecule has 2 aromatic rings. The Morgan fingerprint density at radius 1 is 1.15 bits per heavy atom. The molecule has 0 unspecified atom stereocenters. The first kappa shape index (κ1) is 27.7. The van der Waals surface area contributed by atoms with Crippen molar-refractivity contribution in [2.75, 3.05) is 32.0 Å². The summed E-state index contributed by atoms with van der Waals surface area (Å²) in [6.45, 7) is 7.75. The van der Waals surface area contributed by atoms with Gasteiger partial charge in [0.25, 0.3) is 0 Å². The van der Waals surface area contributed by atoms with E-state index in [4.69, 9.17) is 21.4 Å². The van der Waals surface area contributed by atoms with E-state index >= 15 is 0 Å². The highest BCUT2D eigenvalue weighted by atomic mass is 35.5. The topological polar surface area (TPSA) is 105 Å². The van der Waals surface area contributed by atoms with E-state index in [2.05, 4.69) is 26.2 Å². The fourth-order valence-electron chi connectivity index (χ4n) is 6.20. The number of amides is 2. The van der Waals surface area contributed by atoms with Gasteiger partial charge in [-0.3, -0.25) is 9.48 Å². The van der Waals surface area contributed by atoms with Crippen LogP contribution in [0.25, 0.3) is 11.1 Å². The van der Waals surface area contributed by atoms with Gasteiger partial charge < -0.3 is 19.9 Å². The number of nitrogens with one attached hydrogen (secondary N) is 1. The number of rotatable bonds is 5. The summed E-state index contributed by atoms with van der Waals surface area (Å²) >= 11 is 6.17. The van der Waals surface area contributed by atoms with Gasteiger partial charge in [-0.1, -0.05) is 0 Å². The minimum atomic E-state index is -0.488. The molecule has 11 heteroatoms. The molecule has 2 saturated heterocycles. The van der Waals surface area contributed by atoms with Crippen molar-refractivity contribution in [2.24, 2.45) is 5.92 Å². The van der Waals surface area contributed by atoms with Crippen LogP contribution in [0.1, 0.15) is 78.2 Å². The normalized spacial score (nSPS) is 24.4. The van der Waals surface area contributed by atoms with Gasteiger partial charge in [0.05, 0.1) is 12.2 Å². The third-order valence-corrected chi connectivity index (χ3v) is 8.83. The summed E-state index contributed by atoms with van der Waals surface area (Å²) in [6, 6.07) is 0.313. The molecule has 39 heavy (non-hydrogen) atoms. The molecule has 2 aliphatic heterocycles.